The van der Waals surface area contributed by atoms with E-state index in [4.69, 9.17) is 14.2 Å². The Morgan fingerprint density at radius 2 is 0.738 bits per heavy atom. The third-order valence-corrected chi connectivity index (χ3v) is 12.4. The summed E-state index contributed by atoms with van der Waals surface area (Å²) >= 11 is 0. The number of piperidine rings is 3. The molecule has 3 aliphatic rings. The fourth-order valence-corrected chi connectivity index (χ4v) is 8.46. The number of ether oxygens (including phenoxy) is 3. The molecular formula is C54H82F5N3O3. The fraction of sp³-hybridized carbons (Fsp3) is 0.667. The molecule has 0 aliphatic carbocycles. The SMILES string of the molecule is CC(C)(C)c1ccc(OC2CCCN(CCC(F)F)C2)cc1.CC(C)(C)c1ccc(O[C@@H]2CCCN(CCCF)C2)cc1.CC(C)(C)c1ccc(O[C@H]2CCCN(CCC(F)F)C2)cc1. The second-order valence-electron chi connectivity index (χ2n) is 21.3. The highest BCUT2D eigenvalue weighted by atomic mass is 19.3. The lowest BCUT2D eigenvalue weighted by Crippen LogP contribution is -2.41. The quantitative estimate of drug-likeness (QED) is 0.141. The molecule has 0 radical (unpaired) electrons. The Morgan fingerprint density at radius 3 is 0.985 bits per heavy atom. The van der Waals surface area contributed by atoms with Crippen LogP contribution in [-0.4, -0.2) is 111 Å². The molecule has 1 unspecified atom stereocenters. The van der Waals surface area contributed by atoms with Gasteiger partial charge in [-0.1, -0.05) is 98.7 Å². The third-order valence-electron chi connectivity index (χ3n) is 12.4. The first-order chi connectivity index (χ1) is 30.7. The average molecular weight is 916 g/mol. The van der Waals surface area contributed by atoms with E-state index in [1.165, 1.54) is 16.7 Å². The highest BCUT2D eigenvalue weighted by Crippen LogP contribution is 2.29. The number of rotatable bonds is 15. The van der Waals surface area contributed by atoms with Crippen molar-refractivity contribution in [3.05, 3.63) is 89.5 Å². The number of hydrogen-bond donors (Lipinski definition) is 0. The van der Waals surface area contributed by atoms with Crippen LogP contribution in [0.5, 0.6) is 17.2 Å². The van der Waals surface area contributed by atoms with Crippen LogP contribution >= 0.6 is 0 Å². The van der Waals surface area contributed by atoms with Gasteiger partial charge in [0.2, 0.25) is 12.9 Å². The van der Waals surface area contributed by atoms with Crippen molar-refractivity contribution in [1.29, 1.82) is 0 Å². The first-order valence-electron chi connectivity index (χ1n) is 24.3. The Balaban J connectivity index is 0.000000213. The second-order valence-corrected chi connectivity index (χ2v) is 21.3. The summed E-state index contributed by atoms with van der Waals surface area (Å²) in [4.78, 5) is 6.49. The van der Waals surface area contributed by atoms with Gasteiger partial charge >= 0.3 is 0 Å². The smallest absolute Gasteiger partial charge is 0.239 e. The minimum atomic E-state index is -2.22. The molecule has 366 valence electrons. The average Bonchev–Trinajstić information content (AvgIpc) is 3.25. The molecular weight excluding hydrogens is 834 g/mol. The Labute approximate surface area is 389 Å². The molecule has 3 fully saturated rings. The van der Waals surface area contributed by atoms with Gasteiger partial charge in [-0.15, -0.1) is 0 Å². The molecule has 0 bridgehead atoms. The summed E-state index contributed by atoms with van der Waals surface area (Å²) in [6, 6.07) is 24.9. The van der Waals surface area contributed by atoms with E-state index in [-0.39, 0.29) is 54.1 Å². The van der Waals surface area contributed by atoms with E-state index < -0.39 is 12.9 Å². The number of nitrogens with zero attached hydrogens (tertiary/aromatic N) is 3. The van der Waals surface area contributed by atoms with Gasteiger partial charge in [-0.05, 0) is 134 Å². The van der Waals surface area contributed by atoms with Gasteiger partial charge in [0.05, 0.1) is 6.67 Å². The largest absolute Gasteiger partial charge is 0.489 e. The van der Waals surface area contributed by atoms with Crippen LogP contribution in [0.3, 0.4) is 0 Å². The van der Waals surface area contributed by atoms with Gasteiger partial charge in [-0.25, -0.2) is 17.6 Å². The lowest BCUT2D eigenvalue weighted by Gasteiger charge is -2.33. The van der Waals surface area contributed by atoms with Crippen molar-refractivity contribution < 1.29 is 36.2 Å². The molecule has 3 saturated heterocycles. The van der Waals surface area contributed by atoms with Crippen molar-refractivity contribution in [1.82, 2.24) is 14.7 Å². The molecule has 3 aromatic carbocycles. The fourth-order valence-electron chi connectivity index (χ4n) is 8.46. The highest BCUT2D eigenvalue weighted by Gasteiger charge is 2.25. The van der Waals surface area contributed by atoms with E-state index in [2.05, 4.69) is 126 Å². The van der Waals surface area contributed by atoms with E-state index >= 15 is 0 Å². The molecule has 6 rings (SSSR count). The summed E-state index contributed by atoms with van der Waals surface area (Å²) in [5.74, 6) is 2.68. The minimum absolute atomic E-state index is 0.0486. The summed E-state index contributed by atoms with van der Waals surface area (Å²) in [6.45, 7) is 26.6. The summed E-state index contributed by atoms with van der Waals surface area (Å²) in [6.07, 6.45) is 2.77. The van der Waals surface area contributed by atoms with E-state index in [0.717, 1.165) is 102 Å². The summed E-state index contributed by atoms with van der Waals surface area (Å²) < 4.78 is 79.7. The van der Waals surface area contributed by atoms with Gasteiger partial charge < -0.3 is 14.2 Å². The zero-order chi connectivity index (χ0) is 47.6. The molecule has 0 amide bonds. The first kappa shape index (κ1) is 54.2. The van der Waals surface area contributed by atoms with Crippen LogP contribution in [0.15, 0.2) is 72.8 Å². The van der Waals surface area contributed by atoms with Crippen molar-refractivity contribution in [3.63, 3.8) is 0 Å². The molecule has 11 heteroatoms. The summed E-state index contributed by atoms with van der Waals surface area (Å²) in [5.41, 5.74) is 4.32. The van der Waals surface area contributed by atoms with Gasteiger partial charge in [0.15, 0.2) is 0 Å². The van der Waals surface area contributed by atoms with Gasteiger partial charge in [0.1, 0.15) is 35.6 Å². The molecule has 0 saturated carbocycles. The second kappa shape index (κ2) is 26.2. The molecule has 0 aromatic heterocycles. The van der Waals surface area contributed by atoms with Crippen LogP contribution < -0.4 is 14.2 Å². The monoisotopic (exact) mass is 916 g/mol. The number of alkyl halides is 5. The Morgan fingerprint density at radius 1 is 0.462 bits per heavy atom. The molecule has 3 heterocycles. The maximum absolute atomic E-state index is 12.3. The van der Waals surface area contributed by atoms with Crippen LogP contribution in [0.4, 0.5) is 22.0 Å². The van der Waals surface area contributed by atoms with Crippen LogP contribution in [0.2, 0.25) is 0 Å². The lowest BCUT2D eigenvalue weighted by atomic mass is 9.87. The molecule has 0 spiro atoms. The minimum Gasteiger partial charge on any atom is -0.489 e. The van der Waals surface area contributed by atoms with Crippen LogP contribution in [0, 0.1) is 0 Å². The van der Waals surface area contributed by atoms with Gasteiger partial charge in [0.25, 0.3) is 0 Å². The Kier molecular flexibility index (Phi) is 21.9. The van der Waals surface area contributed by atoms with Crippen LogP contribution in [0.1, 0.15) is 137 Å². The maximum Gasteiger partial charge on any atom is 0.239 e. The highest BCUT2D eigenvalue weighted by molar-refractivity contribution is 5.33. The van der Waals surface area contributed by atoms with Crippen molar-refractivity contribution in [3.8, 4) is 17.2 Å². The van der Waals surface area contributed by atoms with Crippen molar-refractivity contribution >= 4 is 0 Å². The lowest BCUT2D eigenvalue weighted by molar-refractivity contribution is 0.0661. The zero-order valence-corrected chi connectivity index (χ0v) is 41.2. The van der Waals surface area contributed by atoms with E-state index in [9.17, 15) is 22.0 Å². The normalized spacial score (nSPS) is 20.4. The van der Waals surface area contributed by atoms with Crippen molar-refractivity contribution in [2.75, 3.05) is 65.6 Å². The molecule has 3 aliphatic heterocycles. The Hall–Kier alpha value is -3.41. The van der Waals surface area contributed by atoms with Gasteiger partial charge in [0, 0.05) is 52.1 Å². The zero-order valence-electron chi connectivity index (χ0n) is 41.2. The van der Waals surface area contributed by atoms with Crippen molar-refractivity contribution in [2.45, 2.75) is 168 Å². The predicted octanol–water partition coefficient (Wildman–Crippen LogP) is 13.2. The topological polar surface area (TPSA) is 37.4 Å². The van der Waals surface area contributed by atoms with E-state index in [1.54, 1.807) is 0 Å². The number of benzene rings is 3. The third kappa shape index (κ3) is 20.6. The molecule has 3 aromatic rings. The Bertz CT molecular complexity index is 1650. The standard InChI is InChI=1S/2C18H27F2NO.C18H28FNO/c2*1-18(2,3)14-6-8-15(9-7-14)22-16-5-4-11-21(13-16)12-10-17(19)20;1-18(2,3)15-7-9-16(10-8-15)21-17-6-4-12-20(14-17)13-5-11-19/h2*6-9,16-17H,4-5,10-13H2,1-3H3;7-10,17H,4-6,11-14H2,1-3H3/t16-;;17-/m0.1/s1. The molecule has 65 heavy (non-hydrogen) atoms. The van der Waals surface area contributed by atoms with Crippen LogP contribution in [0.25, 0.3) is 0 Å². The van der Waals surface area contributed by atoms with Crippen LogP contribution in [-0.2, 0) is 16.2 Å². The molecule has 6 nitrogen and oxygen atoms in total. The number of halogens is 5. The first-order valence-corrected chi connectivity index (χ1v) is 24.3. The summed E-state index contributed by atoms with van der Waals surface area (Å²) in [7, 11) is 0. The molecule has 0 N–H and O–H groups in total. The number of likely N-dealkylation sites (tertiary alicyclic amines) is 3. The number of hydrogen-bond acceptors (Lipinski definition) is 6. The maximum atomic E-state index is 12.3. The van der Waals surface area contributed by atoms with Crippen molar-refractivity contribution in [2.24, 2.45) is 0 Å². The van der Waals surface area contributed by atoms with Gasteiger partial charge in [-0.2, -0.15) is 0 Å². The van der Waals surface area contributed by atoms with E-state index in [0.29, 0.717) is 19.5 Å². The summed E-state index contributed by atoms with van der Waals surface area (Å²) in [5, 5.41) is 0. The molecule has 3 atom stereocenters. The van der Waals surface area contributed by atoms with Gasteiger partial charge in [-0.3, -0.25) is 19.1 Å². The van der Waals surface area contributed by atoms with E-state index in [1.807, 2.05) is 24.3 Å². The predicted molar refractivity (Wildman–Crippen MR) is 258 cm³/mol.